The van der Waals surface area contributed by atoms with Gasteiger partial charge in [0.05, 0.1) is 11.3 Å². The third-order valence-corrected chi connectivity index (χ3v) is 4.41. The van der Waals surface area contributed by atoms with Crippen molar-refractivity contribution in [3.05, 3.63) is 29.6 Å². The van der Waals surface area contributed by atoms with Crippen LogP contribution in [0.15, 0.2) is 18.2 Å². The van der Waals surface area contributed by atoms with Gasteiger partial charge in [0.15, 0.2) is 0 Å². The fraction of sp³-hybridized carbons (Fsp3) is 0.533. The molecule has 2 fully saturated rings. The van der Waals surface area contributed by atoms with Crippen molar-refractivity contribution >= 4 is 11.6 Å². The molecule has 1 aromatic rings. The number of carbonyl (C=O) groups is 1. The van der Waals surface area contributed by atoms with E-state index < -0.39 is 11.7 Å². The van der Waals surface area contributed by atoms with Crippen molar-refractivity contribution in [1.82, 2.24) is 5.32 Å². The second kappa shape index (κ2) is 5.40. The highest BCUT2D eigenvalue weighted by atomic mass is 19.1. The largest absolute Gasteiger partial charge is 0.366 e. The molecule has 0 aliphatic carbocycles. The Morgan fingerprint density at radius 3 is 2.90 bits per heavy atom. The summed E-state index contributed by atoms with van der Waals surface area (Å²) in [5.41, 5.74) is 6.03. The fourth-order valence-corrected chi connectivity index (χ4v) is 3.55. The average Bonchev–Trinajstić information content (AvgIpc) is 3.08. The first-order chi connectivity index (χ1) is 9.68. The molecule has 20 heavy (non-hydrogen) atoms. The van der Waals surface area contributed by atoms with Gasteiger partial charge >= 0.3 is 0 Å². The number of halogens is 1. The van der Waals surface area contributed by atoms with E-state index in [2.05, 4.69) is 10.2 Å². The summed E-state index contributed by atoms with van der Waals surface area (Å²) >= 11 is 0. The van der Waals surface area contributed by atoms with E-state index in [0.717, 1.165) is 32.4 Å². The lowest BCUT2D eigenvalue weighted by Crippen LogP contribution is -2.44. The van der Waals surface area contributed by atoms with Gasteiger partial charge < -0.3 is 16.0 Å². The molecule has 1 aromatic carbocycles. The van der Waals surface area contributed by atoms with Crippen LogP contribution >= 0.6 is 0 Å². The molecular weight excluding hydrogens is 257 g/mol. The first-order valence-electron chi connectivity index (χ1n) is 7.27. The Morgan fingerprint density at radius 2 is 2.20 bits per heavy atom. The molecule has 2 atom stereocenters. The second-order valence-corrected chi connectivity index (χ2v) is 5.60. The number of benzene rings is 1. The van der Waals surface area contributed by atoms with Gasteiger partial charge in [-0.1, -0.05) is 6.07 Å². The van der Waals surface area contributed by atoms with Crippen molar-refractivity contribution < 1.29 is 9.18 Å². The summed E-state index contributed by atoms with van der Waals surface area (Å²) in [6.07, 6.45) is 4.47. The average molecular weight is 277 g/mol. The summed E-state index contributed by atoms with van der Waals surface area (Å²) in [5, 5.41) is 3.51. The van der Waals surface area contributed by atoms with Gasteiger partial charge in [-0.15, -0.1) is 0 Å². The molecule has 3 rings (SSSR count). The SMILES string of the molecule is NC(=O)c1c(F)cccc1N1CCCC1C1CCCN1. The number of amides is 1. The number of carbonyl (C=O) groups excluding carboxylic acids is 1. The molecule has 0 saturated carbocycles. The maximum Gasteiger partial charge on any atom is 0.253 e. The molecule has 2 saturated heterocycles. The molecule has 0 aromatic heterocycles. The van der Waals surface area contributed by atoms with E-state index in [1.54, 1.807) is 12.1 Å². The molecule has 2 aliphatic rings. The quantitative estimate of drug-likeness (QED) is 0.883. The van der Waals surface area contributed by atoms with Crippen LogP contribution in [0.2, 0.25) is 0 Å². The Morgan fingerprint density at radius 1 is 1.35 bits per heavy atom. The first kappa shape index (κ1) is 13.4. The minimum absolute atomic E-state index is 0.0254. The van der Waals surface area contributed by atoms with E-state index in [1.807, 2.05) is 0 Å². The van der Waals surface area contributed by atoms with Crippen molar-refractivity contribution in [2.75, 3.05) is 18.0 Å². The summed E-state index contributed by atoms with van der Waals surface area (Å²) in [6.45, 7) is 1.90. The number of anilines is 1. The molecule has 4 nitrogen and oxygen atoms in total. The molecule has 0 radical (unpaired) electrons. The van der Waals surface area contributed by atoms with Crippen LogP contribution in [-0.4, -0.2) is 31.1 Å². The highest BCUT2D eigenvalue weighted by Crippen LogP contribution is 2.33. The second-order valence-electron chi connectivity index (χ2n) is 5.60. The van der Waals surface area contributed by atoms with Gasteiger partial charge in [0.25, 0.3) is 5.91 Å². The highest BCUT2D eigenvalue weighted by Gasteiger charge is 2.35. The van der Waals surface area contributed by atoms with Gasteiger partial charge in [-0.2, -0.15) is 0 Å². The van der Waals surface area contributed by atoms with Gasteiger partial charge in [-0.25, -0.2) is 4.39 Å². The normalized spacial score (nSPS) is 26.1. The van der Waals surface area contributed by atoms with E-state index in [1.165, 1.54) is 12.5 Å². The fourth-order valence-electron chi connectivity index (χ4n) is 3.55. The highest BCUT2D eigenvalue weighted by molar-refractivity contribution is 5.99. The molecule has 2 aliphatic heterocycles. The number of hydrogen-bond donors (Lipinski definition) is 2. The van der Waals surface area contributed by atoms with Crippen molar-refractivity contribution in [3.63, 3.8) is 0 Å². The van der Waals surface area contributed by atoms with Gasteiger partial charge in [-0.3, -0.25) is 4.79 Å². The standard InChI is InChI=1S/C15H20FN3O/c16-10-4-1-6-13(14(10)15(17)20)19-9-3-7-12(19)11-5-2-8-18-11/h1,4,6,11-12,18H,2-3,5,7-9H2,(H2,17,20). The van der Waals surface area contributed by atoms with Gasteiger partial charge in [0.2, 0.25) is 0 Å². The van der Waals surface area contributed by atoms with E-state index in [4.69, 9.17) is 5.73 Å². The molecule has 2 unspecified atom stereocenters. The number of primary amides is 1. The van der Waals surface area contributed by atoms with Crippen molar-refractivity contribution in [3.8, 4) is 0 Å². The lowest BCUT2D eigenvalue weighted by atomic mass is 10.0. The Labute approximate surface area is 118 Å². The maximum absolute atomic E-state index is 13.9. The van der Waals surface area contributed by atoms with Crippen LogP contribution < -0.4 is 16.0 Å². The van der Waals surface area contributed by atoms with Crippen molar-refractivity contribution in [2.45, 2.75) is 37.8 Å². The lowest BCUT2D eigenvalue weighted by molar-refractivity contribution is 0.0997. The number of hydrogen-bond acceptors (Lipinski definition) is 3. The minimum atomic E-state index is -0.692. The molecule has 1 amide bonds. The zero-order valence-electron chi connectivity index (χ0n) is 11.4. The smallest absolute Gasteiger partial charge is 0.253 e. The number of rotatable bonds is 3. The predicted molar refractivity (Wildman–Crippen MR) is 76.3 cm³/mol. The number of nitrogens with zero attached hydrogens (tertiary/aromatic N) is 1. The van der Waals surface area contributed by atoms with Crippen LogP contribution in [0.25, 0.3) is 0 Å². The Balaban J connectivity index is 1.95. The Kier molecular flexibility index (Phi) is 3.61. The van der Waals surface area contributed by atoms with Crippen LogP contribution in [0.1, 0.15) is 36.0 Å². The van der Waals surface area contributed by atoms with Crippen LogP contribution in [0.4, 0.5) is 10.1 Å². The van der Waals surface area contributed by atoms with Crippen LogP contribution in [-0.2, 0) is 0 Å². The monoisotopic (exact) mass is 277 g/mol. The third-order valence-electron chi connectivity index (χ3n) is 4.41. The molecule has 0 bridgehead atoms. The predicted octanol–water partition coefficient (Wildman–Crippen LogP) is 1.65. The van der Waals surface area contributed by atoms with Gasteiger partial charge in [-0.05, 0) is 44.4 Å². The summed E-state index contributed by atoms with van der Waals surface area (Å²) in [6, 6.07) is 5.51. The van der Waals surface area contributed by atoms with Gasteiger partial charge in [0.1, 0.15) is 5.82 Å². The summed E-state index contributed by atoms with van der Waals surface area (Å²) in [4.78, 5) is 13.7. The molecule has 108 valence electrons. The first-order valence-corrected chi connectivity index (χ1v) is 7.27. The van der Waals surface area contributed by atoms with Crippen molar-refractivity contribution in [1.29, 1.82) is 0 Å². The minimum Gasteiger partial charge on any atom is -0.366 e. The Bertz CT molecular complexity index is 514. The topological polar surface area (TPSA) is 58.4 Å². The molecule has 2 heterocycles. The van der Waals surface area contributed by atoms with Gasteiger partial charge in [0, 0.05) is 18.6 Å². The number of nitrogens with two attached hydrogens (primary N) is 1. The molecular formula is C15H20FN3O. The summed E-state index contributed by atoms with van der Waals surface area (Å²) in [5.74, 6) is -1.22. The van der Waals surface area contributed by atoms with Crippen LogP contribution in [0, 0.1) is 5.82 Å². The molecule has 5 heteroatoms. The van der Waals surface area contributed by atoms with E-state index in [0.29, 0.717) is 17.8 Å². The Hall–Kier alpha value is -1.62. The van der Waals surface area contributed by atoms with Crippen molar-refractivity contribution in [2.24, 2.45) is 5.73 Å². The van der Waals surface area contributed by atoms with E-state index >= 15 is 0 Å². The number of nitrogens with one attached hydrogen (secondary N) is 1. The van der Waals surface area contributed by atoms with E-state index in [9.17, 15) is 9.18 Å². The third kappa shape index (κ3) is 2.26. The van der Waals surface area contributed by atoms with E-state index in [-0.39, 0.29) is 5.56 Å². The summed E-state index contributed by atoms with van der Waals surface area (Å²) < 4.78 is 13.9. The van der Waals surface area contributed by atoms with Crippen LogP contribution in [0.3, 0.4) is 0 Å². The lowest BCUT2D eigenvalue weighted by Gasteiger charge is -2.32. The summed E-state index contributed by atoms with van der Waals surface area (Å²) in [7, 11) is 0. The molecule has 3 N–H and O–H groups in total. The zero-order chi connectivity index (χ0) is 14.1. The zero-order valence-corrected chi connectivity index (χ0v) is 11.4. The maximum atomic E-state index is 13.9. The van der Waals surface area contributed by atoms with Crippen LogP contribution in [0.5, 0.6) is 0 Å². The molecule has 0 spiro atoms.